The normalized spacial score (nSPS) is 11.5. The van der Waals surface area contributed by atoms with Crippen molar-refractivity contribution in [2.24, 2.45) is 5.41 Å². The van der Waals surface area contributed by atoms with Crippen molar-refractivity contribution in [3.8, 4) is 0 Å². The van der Waals surface area contributed by atoms with Gasteiger partial charge in [-0.3, -0.25) is 0 Å². The van der Waals surface area contributed by atoms with Crippen LogP contribution in [0.1, 0.15) is 43.9 Å². The Kier molecular flexibility index (Phi) is 4.28. The highest BCUT2D eigenvalue weighted by Gasteiger charge is 2.11. The van der Waals surface area contributed by atoms with Gasteiger partial charge in [0.15, 0.2) is 0 Å². The Balaban J connectivity index is 2.78. The Hall–Kier alpha value is -1.11. The van der Waals surface area contributed by atoms with Gasteiger partial charge < -0.3 is 4.79 Å². The molecule has 1 aromatic carbocycles. The van der Waals surface area contributed by atoms with Crippen LogP contribution in [-0.4, -0.2) is 6.29 Å². The minimum atomic E-state index is 0.330. The third kappa shape index (κ3) is 4.18. The van der Waals surface area contributed by atoms with Gasteiger partial charge in [-0.1, -0.05) is 39.0 Å². The number of hydrogen-bond acceptors (Lipinski definition) is 1. The molecule has 0 atom stereocenters. The van der Waals surface area contributed by atoms with E-state index in [4.69, 9.17) is 0 Å². The minimum absolute atomic E-state index is 0.330. The Bertz CT molecular complexity index is 358. The second-order valence-corrected chi connectivity index (χ2v) is 5.70. The fourth-order valence-electron chi connectivity index (χ4n) is 1.98. The summed E-state index contributed by atoms with van der Waals surface area (Å²) in [7, 11) is 0. The van der Waals surface area contributed by atoms with Gasteiger partial charge >= 0.3 is 0 Å². The van der Waals surface area contributed by atoms with Crippen LogP contribution in [0.4, 0.5) is 0 Å². The van der Waals surface area contributed by atoms with Gasteiger partial charge in [0.2, 0.25) is 0 Å². The number of carbonyl (C=O) groups excluding carboxylic acids is 1. The summed E-state index contributed by atoms with van der Waals surface area (Å²) in [5, 5.41) is 0. The van der Waals surface area contributed by atoms with Gasteiger partial charge in [0.25, 0.3) is 0 Å². The quantitative estimate of drug-likeness (QED) is 0.704. The van der Waals surface area contributed by atoms with Gasteiger partial charge in [0, 0.05) is 6.42 Å². The Labute approximate surface area is 98.9 Å². The van der Waals surface area contributed by atoms with Crippen molar-refractivity contribution >= 4 is 6.29 Å². The van der Waals surface area contributed by atoms with E-state index in [9.17, 15) is 4.79 Å². The smallest absolute Gasteiger partial charge is 0.120 e. The maximum absolute atomic E-state index is 10.3. The van der Waals surface area contributed by atoms with E-state index in [0.29, 0.717) is 11.8 Å². The van der Waals surface area contributed by atoms with Crippen LogP contribution in [0.3, 0.4) is 0 Å². The van der Waals surface area contributed by atoms with Crippen LogP contribution in [0.15, 0.2) is 18.2 Å². The highest BCUT2D eigenvalue weighted by Crippen LogP contribution is 2.22. The highest BCUT2D eigenvalue weighted by atomic mass is 16.1. The zero-order chi connectivity index (χ0) is 12.2. The summed E-state index contributed by atoms with van der Waals surface area (Å²) >= 11 is 0. The highest BCUT2D eigenvalue weighted by molar-refractivity contribution is 5.50. The molecule has 0 aliphatic heterocycles. The van der Waals surface area contributed by atoms with E-state index in [2.05, 4.69) is 45.9 Å². The van der Waals surface area contributed by atoms with Gasteiger partial charge in [0.1, 0.15) is 6.29 Å². The van der Waals surface area contributed by atoms with Crippen LogP contribution in [0, 0.1) is 12.3 Å². The molecule has 0 fully saturated rings. The number of hydrogen-bond donors (Lipinski definition) is 0. The lowest BCUT2D eigenvalue weighted by Crippen LogP contribution is -2.09. The number of aldehydes is 1. The monoisotopic (exact) mass is 218 g/mol. The van der Waals surface area contributed by atoms with E-state index < -0.39 is 0 Å². The molecule has 1 aromatic rings. The molecule has 1 rings (SSSR count). The molecule has 0 radical (unpaired) electrons. The molecule has 0 N–H and O–H groups in total. The molecule has 0 aliphatic carbocycles. The first-order chi connectivity index (χ1) is 7.42. The van der Waals surface area contributed by atoms with Crippen molar-refractivity contribution in [2.75, 3.05) is 0 Å². The Morgan fingerprint density at radius 2 is 1.94 bits per heavy atom. The summed E-state index contributed by atoms with van der Waals surface area (Å²) in [6.45, 7) is 8.89. The standard InChI is InChI=1S/C15H22O/c1-12-10-13(11-15(2,3)4)7-8-14(12)6-5-9-16/h7-10H,5-6,11H2,1-4H3. The first kappa shape index (κ1) is 13.0. The molecular formula is C15H22O. The second-order valence-electron chi connectivity index (χ2n) is 5.70. The molecule has 0 saturated heterocycles. The molecule has 1 nitrogen and oxygen atoms in total. The molecule has 16 heavy (non-hydrogen) atoms. The molecule has 1 heteroatoms. The predicted molar refractivity (Wildman–Crippen MR) is 68.7 cm³/mol. The maximum Gasteiger partial charge on any atom is 0.120 e. The van der Waals surface area contributed by atoms with Crippen molar-refractivity contribution in [3.05, 3.63) is 34.9 Å². The van der Waals surface area contributed by atoms with Crippen molar-refractivity contribution < 1.29 is 4.79 Å². The number of benzene rings is 1. The molecule has 0 heterocycles. The van der Waals surface area contributed by atoms with Gasteiger partial charge in [-0.2, -0.15) is 0 Å². The molecule has 0 unspecified atom stereocenters. The van der Waals surface area contributed by atoms with Crippen molar-refractivity contribution in [3.63, 3.8) is 0 Å². The van der Waals surface area contributed by atoms with Crippen LogP contribution in [-0.2, 0) is 17.6 Å². The Morgan fingerprint density at radius 3 is 2.44 bits per heavy atom. The van der Waals surface area contributed by atoms with E-state index in [1.54, 1.807) is 0 Å². The molecule has 0 bridgehead atoms. The number of carbonyl (C=O) groups is 1. The van der Waals surface area contributed by atoms with E-state index in [1.807, 2.05) is 0 Å². The molecule has 0 aromatic heterocycles. The molecule has 88 valence electrons. The lowest BCUT2D eigenvalue weighted by Gasteiger charge is -2.19. The Morgan fingerprint density at radius 1 is 1.25 bits per heavy atom. The first-order valence-electron chi connectivity index (χ1n) is 5.94. The molecule has 0 aliphatic rings. The fourth-order valence-corrected chi connectivity index (χ4v) is 1.98. The van der Waals surface area contributed by atoms with Crippen LogP contribution in [0.25, 0.3) is 0 Å². The van der Waals surface area contributed by atoms with E-state index in [-0.39, 0.29) is 0 Å². The van der Waals surface area contributed by atoms with E-state index in [1.165, 1.54) is 16.7 Å². The van der Waals surface area contributed by atoms with Crippen LogP contribution in [0.5, 0.6) is 0 Å². The minimum Gasteiger partial charge on any atom is -0.303 e. The third-order valence-corrected chi connectivity index (χ3v) is 2.67. The second kappa shape index (κ2) is 5.29. The predicted octanol–water partition coefficient (Wildman–Crippen LogP) is 3.72. The van der Waals surface area contributed by atoms with Gasteiger partial charge in [-0.15, -0.1) is 0 Å². The number of aryl methyl sites for hydroxylation is 2. The summed E-state index contributed by atoms with van der Waals surface area (Å²) in [6, 6.07) is 6.61. The summed E-state index contributed by atoms with van der Waals surface area (Å²) < 4.78 is 0. The van der Waals surface area contributed by atoms with Crippen LogP contribution < -0.4 is 0 Å². The zero-order valence-corrected chi connectivity index (χ0v) is 10.8. The molecule has 0 spiro atoms. The van der Waals surface area contributed by atoms with Crippen LogP contribution >= 0.6 is 0 Å². The zero-order valence-electron chi connectivity index (χ0n) is 10.8. The summed E-state index contributed by atoms with van der Waals surface area (Å²) in [5.74, 6) is 0. The molecular weight excluding hydrogens is 196 g/mol. The first-order valence-corrected chi connectivity index (χ1v) is 5.94. The summed E-state index contributed by atoms with van der Waals surface area (Å²) in [5.41, 5.74) is 4.32. The van der Waals surface area contributed by atoms with Gasteiger partial charge in [-0.25, -0.2) is 0 Å². The third-order valence-electron chi connectivity index (χ3n) is 2.67. The maximum atomic E-state index is 10.3. The van der Waals surface area contributed by atoms with E-state index in [0.717, 1.165) is 19.1 Å². The van der Waals surface area contributed by atoms with Crippen molar-refractivity contribution in [2.45, 2.75) is 47.0 Å². The largest absolute Gasteiger partial charge is 0.303 e. The molecule has 0 saturated carbocycles. The molecule has 0 amide bonds. The average molecular weight is 218 g/mol. The van der Waals surface area contributed by atoms with Crippen LogP contribution in [0.2, 0.25) is 0 Å². The van der Waals surface area contributed by atoms with Gasteiger partial charge in [-0.05, 0) is 41.9 Å². The SMILES string of the molecule is Cc1cc(CC(C)(C)C)ccc1CCC=O. The average Bonchev–Trinajstić information content (AvgIpc) is 2.14. The lowest BCUT2D eigenvalue weighted by atomic mass is 9.87. The fraction of sp³-hybridized carbons (Fsp3) is 0.533. The summed E-state index contributed by atoms with van der Waals surface area (Å²) in [6.07, 6.45) is 3.58. The van der Waals surface area contributed by atoms with Crippen molar-refractivity contribution in [1.82, 2.24) is 0 Å². The number of rotatable bonds is 4. The topological polar surface area (TPSA) is 17.1 Å². The van der Waals surface area contributed by atoms with Crippen molar-refractivity contribution in [1.29, 1.82) is 0 Å². The van der Waals surface area contributed by atoms with E-state index >= 15 is 0 Å². The van der Waals surface area contributed by atoms with Gasteiger partial charge in [0.05, 0.1) is 0 Å². The summed E-state index contributed by atoms with van der Waals surface area (Å²) in [4.78, 5) is 10.3. The lowest BCUT2D eigenvalue weighted by molar-refractivity contribution is -0.107.